The Balaban J connectivity index is 1.44. The van der Waals surface area contributed by atoms with Gasteiger partial charge >= 0.3 is 0 Å². The fraction of sp³-hybridized carbons (Fsp3) is 0.565. The summed E-state index contributed by atoms with van der Waals surface area (Å²) in [5.74, 6) is 1.07. The van der Waals surface area contributed by atoms with Crippen LogP contribution in [0.3, 0.4) is 0 Å². The van der Waals surface area contributed by atoms with Gasteiger partial charge in [0.1, 0.15) is 11.4 Å². The monoisotopic (exact) mass is 442 g/mol. The number of aliphatic hydroxyl groups excluding tert-OH is 1. The van der Waals surface area contributed by atoms with Crippen LogP contribution in [0.15, 0.2) is 18.2 Å². The van der Waals surface area contributed by atoms with Gasteiger partial charge in [-0.05, 0) is 13.0 Å². The van der Waals surface area contributed by atoms with Crippen LogP contribution in [0.1, 0.15) is 36.8 Å². The number of aromatic nitrogens is 2. The third-order valence-electron chi connectivity index (χ3n) is 6.20. The Labute approximate surface area is 187 Å². The zero-order valence-corrected chi connectivity index (χ0v) is 18.8. The summed E-state index contributed by atoms with van der Waals surface area (Å²) in [5.41, 5.74) is 2.18. The number of amides is 1. The summed E-state index contributed by atoms with van der Waals surface area (Å²) in [6.45, 7) is 10.0. The van der Waals surface area contributed by atoms with Gasteiger partial charge in [-0.2, -0.15) is 5.10 Å². The number of ether oxygens (including phenoxy) is 3. The number of rotatable bonds is 4. The Kier molecular flexibility index (Phi) is 5.05. The van der Waals surface area contributed by atoms with Gasteiger partial charge in [-0.1, -0.05) is 13.8 Å². The van der Waals surface area contributed by atoms with E-state index in [0.717, 1.165) is 30.1 Å². The van der Waals surface area contributed by atoms with E-state index in [2.05, 4.69) is 29.2 Å². The smallest absolute Gasteiger partial charge is 0.276 e. The molecule has 1 amide bonds. The topological polar surface area (TPSA) is 98.1 Å². The van der Waals surface area contributed by atoms with Gasteiger partial charge in [-0.25, -0.2) is 4.68 Å². The average Bonchev–Trinajstić information content (AvgIpc) is 3.33. The molecule has 9 heteroatoms. The molecule has 32 heavy (non-hydrogen) atoms. The van der Waals surface area contributed by atoms with Gasteiger partial charge in [-0.3, -0.25) is 4.79 Å². The number of morpholine rings is 1. The van der Waals surface area contributed by atoms with Crippen molar-refractivity contribution in [2.75, 3.05) is 49.7 Å². The van der Waals surface area contributed by atoms with Crippen molar-refractivity contribution in [3.8, 4) is 11.6 Å². The van der Waals surface area contributed by atoms with Crippen LogP contribution in [-0.4, -0.2) is 65.9 Å². The van der Waals surface area contributed by atoms with Crippen LogP contribution in [0.25, 0.3) is 0 Å². The van der Waals surface area contributed by atoms with Crippen molar-refractivity contribution in [1.29, 1.82) is 0 Å². The van der Waals surface area contributed by atoms with E-state index in [-0.39, 0.29) is 17.9 Å². The summed E-state index contributed by atoms with van der Waals surface area (Å²) >= 11 is 0. The minimum Gasteiger partial charge on any atom is -0.484 e. The van der Waals surface area contributed by atoms with E-state index < -0.39 is 5.60 Å². The van der Waals surface area contributed by atoms with Gasteiger partial charge in [0.15, 0.2) is 5.69 Å². The van der Waals surface area contributed by atoms with Crippen LogP contribution in [-0.2, 0) is 17.7 Å². The van der Waals surface area contributed by atoms with E-state index in [4.69, 9.17) is 14.2 Å². The highest BCUT2D eigenvalue weighted by atomic mass is 16.5. The highest BCUT2D eigenvalue weighted by Gasteiger charge is 2.36. The van der Waals surface area contributed by atoms with Crippen LogP contribution >= 0.6 is 0 Å². The lowest BCUT2D eigenvalue weighted by atomic mass is 9.94. The minimum absolute atomic E-state index is 0.0321. The Morgan fingerprint density at radius 3 is 2.75 bits per heavy atom. The minimum atomic E-state index is -0.652. The summed E-state index contributed by atoms with van der Waals surface area (Å²) in [5, 5.41) is 17.3. The van der Waals surface area contributed by atoms with Crippen molar-refractivity contribution in [2.24, 2.45) is 5.41 Å². The van der Waals surface area contributed by atoms with E-state index in [1.807, 2.05) is 19.1 Å². The molecule has 5 rings (SSSR count). The van der Waals surface area contributed by atoms with E-state index >= 15 is 0 Å². The van der Waals surface area contributed by atoms with Crippen molar-refractivity contribution in [1.82, 2.24) is 9.78 Å². The number of fused-ring (bicyclic) bond motifs is 2. The number of hydrogen-bond acceptors (Lipinski definition) is 7. The predicted octanol–water partition coefficient (Wildman–Crippen LogP) is 2.08. The molecule has 1 fully saturated rings. The first-order chi connectivity index (χ1) is 15.3. The van der Waals surface area contributed by atoms with Crippen molar-refractivity contribution in [3.05, 3.63) is 29.5 Å². The Bertz CT molecular complexity index is 1040. The van der Waals surface area contributed by atoms with Crippen LogP contribution in [0.2, 0.25) is 0 Å². The quantitative estimate of drug-likeness (QED) is 0.748. The van der Waals surface area contributed by atoms with Crippen LogP contribution in [0.4, 0.5) is 11.4 Å². The number of hydrogen-bond donors (Lipinski definition) is 2. The lowest BCUT2D eigenvalue weighted by molar-refractivity contribution is 0.0446. The van der Waals surface area contributed by atoms with Crippen LogP contribution < -0.4 is 19.7 Å². The molecule has 0 bridgehead atoms. The van der Waals surface area contributed by atoms with Crippen LogP contribution in [0.5, 0.6) is 11.6 Å². The summed E-state index contributed by atoms with van der Waals surface area (Å²) in [6.07, 6.45) is 0.576. The largest absolute Gasteiger partial charge is 0.484 e. The molecule has 1 aromatic carbocycles. The third-order valence-corrected chi connectivity index (χ3v) is 6.20. The molecule has 1 saturated heterocycles. The molecule has 0 radical (unpaired) electrons. The fourth-order valence-electron chi connectivity index (χ4n) is 4.45. The van der Waals surface area contributed by atoms with Gasteiger partial charge < -0.3 is 29.5 Å². The maximum atomic E-state index is 13.2. The molecule has 0 spiro atoms. The van der Waals surface area contributed by atoms with Gasteiger partial charge in [0.2, 0.25) is 5.88 Å². The summed E-state index contributed by atoms with van der Waals surface area (Å²) < 4.78 is 19.1. The molecular formula is C23H30N4O5. The first kappa shape index (κ1) is 21.1. The van der Waals surface area contributed by atoms with Crippen molar-refractivity contribution in [3.63, 3.8) is 0 Å². The molecule has 0 saturated carbocycles. The number of benzene rings is 1. The molecule has 172 valence electrons. The molecule has 9 nitrogen and oxygen atoms in total. The van der Waals surface area contributed by atoms with Gasteiger partial charge in [0.05, 0.1) is 44.3 Å². The average molecular weight is 443 g/mol. The zero-order chi connectivity index (χ0) is 22.5. The number of aliphatic hydroxyl groups is 1. The molecule has 2 aromatic rings. The zero-order valence-electron chi connectivity index (χ0n) is 18.8. The van der Waals surface area contributed by atoms with E-state index in [1.54, 1.807) is 10.7 Å². The lowest BCUT2D eigenvalue weighted by Gasteiger charge is -2.31. The summed E-state index contributed by atoms with van der Waals surface area (Å²) in [7, 11) is 0. The molecule has 1 aromatic heterocycles. The fourth-order valence-corrected chi connectivity index (χ4v) is 4.45. The number of carbonyl (C=O) groups is 1. The Morgan fingerprint density at radius 2 is 2.00 bits per heavy atom. The van der Waals surface area contributed by atoms with E-state index in [9.17, 15) is 9.90 Å². The maximum Gasteiger partial charge on any atom is 0.276 e. The third kappa shape index (κ3) is 3.91. The SMILES string of the molecule is CC1(C)COc2cc(C(=O)Nc3cc4c(cc3N3CCOCC3)OC(C)(CO)C4)nn2C1. The number of carbonyl (C=O) groups excluding carboxylic acids is 1. The molecule has 3 aliphatic rings. The standard InChI is InChI=1S/C23H30N4O5/c1-22(2)12-27-20(31-14-22)9-17(25-27)21(29)24-16-8-15-11-23(3,13-28)32-19(15)10-18(16)26-4-6-30-7-5-26/h8-10,28H,4-7,11-14H2,1-3H3,(H,24,29). The lowest BCUT2D eigenvalue weighted by Crippen LogP contribution is -2.37. The Morgan fingerprint density at radius 1 is 1.22 bits per heavy atom. The first-order valence-corrected chi connectivity index (χ1v) is 11.1. The summed E-state index contributed by atoms with van der Waals surface area (Å²) in [4.78, 5) is 15.3. The van der Waals surface area contributed by atoms with Gasteiger partial charge in [-0.15, -0.1) is 0 Å². The van der Waals surface area contributed by atoms with E-state index in [1.165, 1.54) is 0 Å². The number of nitrogens with zero attached hydrogens (tertiary/aromatic N) is 3. The first-order valence-electron chi connectivity index (χ1n) is 11.1. The van der Waals surface area contributed by atoms with Crippen molar-refractivity contribution < 1.29 is 24.1 Å². The molecule has 1 unspecified atom stereocenters. The van der Waals surface area contributed by atoms with Crippen molar-refractivity contribution in [2.45, 2.75) is 39.3 Å². The Hall–Kier alpha value is -2.78. The normalized spacial score (nSPS) is 23.7. The molecule has 4 heterocycles. The van der Waals surface area contributed by atoms with Gasteiger partial charge in [0, 0.05) is 42.6 Å². The van der Waals surface area contributed by atoms with E-state index in [0.29, 0.717) is 50.0 Å². The van der Waals surface area contributed by atoms with Crippen LogP contribution in [0, 0.1) is 5.41 Å². The second-order valence-corrected chi connectivity index (χ2v) is 9.90. The molecule has 0 aliphatic carbocycles. The maximum absolute atomic E-state index is 13.2. The number of anilines is 2. The second-order valence-electron chi connectivity index (χ2n) is 9.90. The highest BCUT2D eigenvalue weighted by Crippen LogP contribution is 2.42. The molecular weight excluding hydrogens is 412 g/mol. The second kappa shape index (κ2) is 7.67. The van der Waals surface area contributed by atoms with Crippen molar-refractivity contribution >= 4 is 17.3 Å². The summed E-state index contributed by atoms with van der Waals surface area (Å²) in [6, 6.07) is 5.60. The highest BCUT2D eigenvalue weighted by molar-refractivity contribution is 6.05. The predicted molar refractivity (Wildman–Crippen MR) is 119 cm³/mol. The molecule has 1 atom stereocenters. The number of nitrogens with one attached hydrogen (secondary N) is 1. The van der Waals surface area contributed by atoms with Gasteiger partial charge in [0.25, 0.3) is 5.91 Å². The molecule has 2 N–H and O–H groups in total. The molecule has 3 aliphatic heterocycles.